The molecule has 114 valence electrons. The Morgan fingerprint density at radius 2 is 2.23 bits per heavy atom. The number of hydrogen-bond acceptors (Lipinski definition) is 7. The predicted molar refractivity (Wildman–Crippen MR) is 77.6 cm³/mol. The van der Waals surface area contributed by atoms with Gasteiger partial charge in [0.25, 0.3) is 0 Å². The van der Waals surface area contributed by atoms with Crippen molar-refractivity contribution >= 4 is 11.5 Å². The third-order valence-electron chi connectivity index (χ3n) is 3.84. The van der Waals surface area contributed by atoms with Crippen molar-refractivity contribution in [1.29, 1.82) is 0 Å². The molecule has 1 fully saturated rings. The highest BCUT2D eigenvalue weighted by Crippen LogP contribution is 2.29. The molecular weight excluding hydrogens is 284 g/mol. The van der Waals surface area contributed by atoms with Crippen LogP contribution in [0.2, 0.25) is 0 Å². The van der Waals surface area contributed by atoms with Gasteiger partial charge in [-0.1, -0.05) is 6.92 Å². The SMILES string of the molecule is CCc1ccc([C@H]2COCCN2c2ccc3nnnn3n2)o1. The van der Waals surface area contributed by atoms with Crippen molar-refractivity contribution in [2.45, 2.75) is 19.4 Å². The van der Waals surface area contributed by atoms with Crippen molar-refractivity contribution in [1.82, 2.24) is 25.3 Å². The summed E-state index contributed by atoms with van der Waals surface area (Å²) in [7, 11) is 0. The standard InChI is InChI=1S/C14H16N6O2/c1-2-10-3-4-12(22-10)11-9-21-8-7-19(11)14-6-5-13-15-17-18-20(13)16-14/h3-6,11H,2,7-9H2,1H3/t11-/m1/s1. The van der Waals surface area contributed by atoms with Crippen molar-refractivity contribution in [3.05, 3.63) is 35.8 Å². The molecule has 22 heavy (non-hydrogen) atoms. The van der Waals surface area contributed by atoms with Crippen molar-refractivity contribution in [2.24, 2.45) is 0 Å². The quantitative estimate of drug-likeness (QED) is 0.720. The lowest BCUT2D eigenvalue weighted by Gasteiger charge is -2.34. The van der Waals surface area contributed by atoms with E-state index in [1.54, 1.807) is 0 Å². The van der Waals surface area contributed by atoms with Crippen LogP contribution in [0.25, 0.3) is 5.65 Å². The monoisotopic (exact) mass is 300 g/mol. The number of morpholine rings is 1. The fourth-order valence-electron chi connectivity index (χ4n) is 2.67. The van der Waals surface area contributed by atoms with Crippen molar-refractivity contribution in [3.8, 4) is 0 Å². The van der Waals surface area contributed by atoms with E-state index < -0.39 is 0 Å². The van der Waals surface area contributed by atoms with Gasteiger partial charge in [0.05, 0.1) is 13.2 Å². The highest BCUT2D eigenvalue weighted by molar-refractivity contribution is 5.46. The van der Waals surface area contributed by atoms with Crippen LogP contribution in [0.15, 0.2) is 28.7 Å². The summed E-state index contributed by atoms with van der Waals surface area (Å²) in [6.07, 6.45) is 0.877. The molecule has 0 amide bonds. The van der Waals surface area contributed by atoms with Gasteiger partial charge in [0.15, 0.2) is 11.5 Å². The number of tetrazole rings is 1. The molecule has 0 N–H and O–H groups in total. The molecule has 3 aromatic rings. The minimum absolute atomic E-state index is 0.00970. The van der Waals surface area contributed by atoms with Crippen LogP contribution >= 0.6 is 0 Å². The molecule has 4 rings (SSSR count). The Labute approximate surface area is 126 Å². The first-order valence-corrected chi connectivity index (χ1v) is 7.33. The van der Waals surface area contributed by atoms with Crippen LogP contribution in [0, 0.1) is 0 Å². The van der Waals surface area contributed by atoms with Gasteiger partial charge < -0.3 is 14.1 Å². The van der Waals surface area contributed by atoms with Gasteiger partial charge >= 0.3 is 0 Å². The molecule has 0 spiro atoms. The Bertz CT molecular complexity index is 782. The van der Waals surface area contributed by atoms with E-state index in [9.17, 15) is 0 Å². The Morgan fingerprint density at radius 1 is 1.27 bits per heavy atom. The number of aryl methyl sites for hydroxylation is 1. The first-order chi connectivity index (χ1) is 10.8. The fourth-order valence-corrected chi connectivity index (χ4v) is 2.67. The van der Waals surface area contributed by atoms with E-state index in [0.29, 0.717) is 18.9 Å². The molecule has 1 saturated heterocycles. The molecule has 0 bridgehead atoms. The Balaban J connectivity index is 1.70. The summed E-state index contributed by atoms with van der Waals surface area (Å²) < 4.78 is 13.0. The highest BCUT2D eigenvalue weighted by atomic mass is 16.5. The van der Waals surface area contributed by atoms with Crippen molar-refractivity contribution < 1.29 is 9.15 Å². The highest BCUT2D eigenvalue weighted by Gasteiger charge is 2.28. The summed E-state index contributed by atoms with van der Waals surface area (Å²) in [5.74, 6) is 2.68. The van der Waals surface area contributed by atoms with Crippen LogP contribution in [-0.4, -0.2) is 45.0 Å². The number of ether oxygens (including phenoxy) is 1. The zero-order valence-electron chi connectivity index (χ0n) is 12.2. The van der Waals surface area contributed by atoms with Gasteiger partial charge in [0, 0.05) is 13.0 Å². The van der Waals surface area contributed by atoms with Crippen LogP contribution in [-0.2, 0) is 11.2 Å². The first kappa shape index (κ1) is 13.2. The summed E-state index contributed by atoms with van der Waals surface area (Å²) in [5.41, 5.74) is 0.625. The molecule has 8 nitrogen and oxygen atoms in total. The minimum Gasteiger partial charge on any atom is -0.464 e. The molecule has 4 heterocycles. The molecule has 1 atom stereocenters. The van der Waals surface area contributed by atoms with E-state index in [4.69, 9.17) is 9.15 Å². The molecule has 0 saturated carbocycles. The van der Waals surface area contributed by atoms with Crippen molar-refractivity contribution in [2.75, 3.05) is 24.7 Å². The Hall–Kier alpha value is -2.48. The third-order valence-corrected chi connectivity index (χ3v) is 3.84. The number of nitrogens with zero attached hydrogens (tertiary/aromatic N) is 6. The molecule has 0 aliphatic carbocycles. The van der Waals surface area contributed by atoms with Gasteiger partial charge in [-0.15, -0.1) is 14.8 Å². The van der Waals surface area contributed by atoms with E-state index in [0.717, 1.165) is 30.3 Å². The number of fused-ring (bicyclic) bond motifs is 1. The molecule has 8 heteroatoms. The lowest BCUT2D eigenvalue weighted by atomic mass is 10.1. The fraction of sp³-hybridized carbons (Fsp3) is 0.429. The summed E-state index contributed by atoms with van der Waals surface area (Å²) in [6.45, 7) is 4.05. The summed E-state index contributed by atoms with van der Waals surface area (Å²) >= 11 is 0. The molecular formula is C14H16N6O2. The molecule has 0 unspecified atom stereocenters. The predicted octanol–water partition coefficient (Wildman–Crippen LogP) is 1.25. The minimum atomic E-state index is 0.00970. The van der Waals surface area contributed by atoms with Crippen LogP contribution in [0.5, 0.6) is 0 Å². The normalized spacial score (nSPS) is 19.0. The number of rotatable bonds is 3. The number of aromatic nitrogens is 5. The van der Waals surface area contributed by atoms with E-state index in [2.05, 4.69) is 32.4 Å². The zero-order chi connectivity index (χ0) is 14.9. The largest absolute Gasteiger partial charge is 0.464 e. The van der Waals surface area contributed by atoms with Gasteiger partial charge in [0.2, 0.25) is 0 Å². The smallest absolute Gasteiger partial charge is 0.200 e. The average molecular weight is 300 g/mol. The molecule has 3 aromatic heterocycles. The topological polar surface area (TPSA) is 81.6 Å². The Kier molecular flexibility index (Phi) is 3.23. The van der Waals surface area contributed by atoms with Gasteiger partial charge in [-0.3, -0.25) is 0 Å². The summed E-state index contributed by atoms with van der Waals surface area (Å²) in [6, 6.07) is 7.82. The molecule has 1 aliphatic heterocycles. The average Bonchev–Trinajstić information content (AvgIpc) is 3.23. The first-order valence-electron chi connectivity index (χ1n) is 7.33. The van der Waals surface area contributed by atoms with Gasteiger partial charge in [-0.05, 0) is 34.7 Å². The number of furan rings is 1. The second kappa shape index (κ2) is 5.38. The van der Waals surface area contributed by atoms with Gasteiger partial charge in [-0.2, -0.15) is 0 Å². The van der Waals surface area contributed by atoms with E-state index in [1.807, 2.05) is 24.3 Å². The number of anilines is 1. The third kappa shape index (κ3) is 2.21. The van der Waals surface area contributed by atoms with Crippen LogP contribution < -0.4 is 4.90 Å². The molecule has 0 radical (unpaired) electrons. The second-order valence-corrected chi connectivity index (χ2v) is 5.16. The lowest BCUT2D eigenvalue weighted by molar-refractivity contribution is 0.0867. The molecule has 1 aliphatic rings. The van der Waals surface area contributed by atoms with E-state index in [-0.39, 0.29) is 6.04 Å². The second-order valence-electron chi connectivity index (χ2n) is 5.16. The van der Waals surface area contributed by atoms with E-state index >= 15 is 0 Å². The summed E-state index contributed by atoms with van der Waals surface area (Å²) in [4.78, 5) is 2.17. The maximum Gasteiger partial charge on any atom is 0.200 e. The Morgan fingerprint density at radius 3 is 3.09 bits per heavy atom. The van der Waals surface area contributed by atoms with Crippen molar-refractivity contribution in [3.63, 3.8) is 0 Å². The van der Waals surface area contributed by atoms with Crippen LogP contribution in [0.3, 0.4) is 0 Å². The summed E-state index contributed by atoms with van der Waals surface area (Å²) in [5, 5.41) is 15.8. The van der Waals surface area contributed by atoms with Gasteiger partial charge in [-0.25, -0.2) is 0 Å². The van der Waals surface area contributed by atoms with Crippen LogP contribution in [0.1, 0.15) is 24.5 Å². The van der Waals surface area contributed by atoms with Crippen LogP contribution in [0.4, 0.5) is 5.82 Å². The lowest BCUT2D eigenvalue weighted by Crippen LogP contribution is -2.40. The zero-order valence-corrected chi connectivity index (χ0v) is 12.2. The maximum absolute atomic E-state index is 5.90. The van der Waals surface area contributed by atoms with Gasteiger partial charge in [0.1, 0.15) is 17.6 Å². The number of hydrogen-bond donors (Lipinski definition) is 0. The maximum atomic E-state index is 5.90. The van der Waals surface area contributed by atoms with E-state index in [1.165, 1.54) is 4.63 Å². The molecule has 0 aromatic carbocycles.